The smallest absolute Gasteiger partial charge is 0.408 e. The lowest BCUT2D eigenvalue weighted by Crippen LogP contribution is -2.30. The van der Waals surface area contributed by atoms with Crippen molar-refractivity contribution in [2.75, 3.05) is 0 Å². The minimum Gasteiger partial charge on any atom is -0.481 e. The topological polar surface area (TPSA) is 102 Å². The largest absolute Gasteiger partial charge is 0.481 e. The molecule has 140 valence electrons. The first-order valence-corrected chi connectivity index (χ1v) is 8.58. The molecule has 1 atom stereocenters. The van der Waals surface area contributed by atoms with Crippen LogP contribution in [0, 0.1) is 5.92 Å². The molecule has 2 aromatic rings. The summed E-state index contributed by atoms with van der Waals surface area (Å²) in [5, 5.41) is 15.5. The molecule has 0 aliphatic heterocycles. The highest BCUT2D eigenvalue weighted by Gasteiger charge is 2.21. The Bertz CT molecular complexity index is 712. The fourth-order valence-corrected chi connectivity index (χ4v) is 2.47. The van der Waals surface area contributed by atoms with Crippen molar-refractivity contribution >= 4 is 12.1 Å². The molecule has 1 heterocycles. The van der Waals surface area contributed by atoms with Gasteiger partial charge in [-0.25, -0.2) is 4.79 Å². The number of nitrogens with zero attached hydrogens (tertiary/aromatic N) is 1. The van der Waals surface area contributed by atoms with Crippen LogP contribution in [-0.4, -0.2) is 22.3 Å². The lowest BCUT2D eigenvalue weighted by molar-refractivity contribution is -0.137. The second-order valence-corrected chi connectivity index (χ2v) is 6.50. The molecule has 7 heteroatoms. The third-order valence-corrected chi connectivity index (χ3v) is 3.73. The van der Waals surface area contributed by atoms with E-state index in [0.29, 0.717) is 23.8 Å². The fourth-order valence-electron chi connectivity index (χ4n) is 2.47. The van der Waals surface area contributed by atoms with Gasteiger partial charge in [0.15, 0.2) is 0 Å². The van der Waals surface area contributed by atoms with Crippen molar-refractivity contribution in [3.8, 4) is 0 Å². The lowest BCUT2D eigenvalue weighted by Gasteiger charge is -2.18. The van der Waals surface area contributed by atoms with E-state index >= 15 is 0 Å². The third-order valence-electron chi connectivity index (χ3n) is 3.73. The Morgan fingerprint density at radius 3 is 2.65 bits per heavy atom. The SMILES string of the molecule is CC(C)CC(NC(=O)OCc1ccccc1)c1cc(CCC(=O)O)on1. The molecule has 0 saturated carbocycles. The van der Waals surface area contributed by atoms with Crippen LogP contribution in [0.15, 0.2) is 40.9 Å². The molecule has 1 unspecified atom stereocenters. The minimum absolute atomic E-state index is 0.0317. The average Bonchev–Trinajstić information content (AvgIpc) is 3.07. The molecule has 0 bridgehead atoms. The van der Waals surface area contributed by atoms with Gasteiger partial charge in [0.1, 0.15) is 18.1 Å². The Morgan fingerprint density at radius 1 is 1.27 bits per heavy atom. The van der Waals surface area contributed by atoms with Crippen LogP contribution < -0.4 is 5.32 Å². The highest BCUT2D eigenvalue weighted by Crippen LogP contribution is 2.22. The van der Waals surface area contributed by atoms with E-state index in [1.54, 1.807) is 6.07 Å². The number of carboxylic acid groups (broad SMARTS) is 1. The van der Waals surface area contributed by atoms with Crippen LogP contribution in [-0.2, 0) is 22.6 Å². The van der Waals surface area contributed by atoms with Gasteiger partial charge in [0, 0.05) is 12.5 Å². The van der Waals surface area contributed by atoms with Crippen molar-refractivity contribution < 1.29 is 24.0 Å². The van der Waals surface area contributed by atoms with Crippen molar-refractivity contribution in [2.45, 2.75) is 45.8 Å². The molecular weight excluding hydrogens is 336 g/mol. The van der Waals surface area contributed by atoms with Gasteiger partial charge in [-0.05, 0) is 17.9 Å². The molecule has 26 heavy (non-hydrogen) atoms. The first-order chi connectivity index (χ1) is 12.4. The molecule has 2 N–H and O–H groups in total. The number of carbonyl (C=O) groups is 2. The Balaban J connectivity index is 1.95. The van der Waals surface area contributed by atoms with Crippen LogP contribution >= 0.6 is 0 Å². The summed E-state index contributed by atoms with van der Waals surface area (Å²) in [6.07, 6.45) is 0.353. The van der Waals surface area contributed by atoms with Gasteiger partial charge >= 0.3 is 12.1 Å². The fraction of sp³-hybridized carbons (Fsp3) is 0.421. The molecular formula is C19H24N2O5. The average molecular weight is 360 g/mol. The number of hydrogen-bond acceptors (Lipinski definition) is 5. The highest BCUT2D eigenvalue weighted by atomic mass is 16.5. The van der Waals surface area contributed by atoms with Crippen molar-refractivity contribution in [1.82, 2.24) is 10.5 Å². The number of hydrogen-bond donors (Lipinski definition) is 2. The first kappa shape index (κ1) is 19.5. The molecule has 0 radical (unpaired) electrons. The van der Waals surface area contributed by atoms with Gasteiger partial charge in [-0.3, -0.25) is 4.79 Å². The second-order valence-electron chi connectivity index (χ2n) is 6.50. The first-order valence-electron chi connectivity index (χ1n) is 8.58. The van der Waals surface area contributed by atoms with E-state index in [-0.39, 0.29) is 25.5 Å². The number of carbonyl (C=O) groups excluding carboxylic acids is 1. The maximum absolute atomic E-state index is 12.1. The van der Waals surface area contributed by atoms with Crippen LogP contribution in [0.3, 0.4) is 0 Å². The number of benzene rings is 1. The number of nitrogens with one attached hydrogen (secondary N) is 1. The van der Waals surface area contributed by atoms with E-state index in [1.807, 2.05) is 44.2 Å². The van der Waals surface area contributed by atoms with E-state index in [0.717, 1.165) is 5.56 Å². The molecule has 0 aliphatic rings. The number of ether oxygens (including phenoxy) is 1. The number of rotatable bonds is 9. The third kappa shape index (κ3) is 6.58. The van der Waals surface area contributed by atoms with Gasteiger partial charge in [0.2, 0.25) is 0 Å². The van der Waals surface area contributed by atoms with Crippen LogP contribution in [0.4, 0.5) is 4.79 Å². The molecule has 7 nitrogen and oxygen atoms in total. The van der Waals surface area contributed by atoms with Crippen LogP contribution in [0.2, 0.25) is 0 Å². The predicted molar refractivity (Wildman–Crippen MR) is 94.4 cm³/mol. The van der Waals surface area contributed by atoms with E-state index in [4.69, 9.17) is 14.4 Å². The summed E-state index contributed by atoms with van der Waals surface area (Å²) in [6, 6.07) is 10.7. The zero-order valence-corrected chi connectivity index (χ0v) is 15.0. The summed E-state index contributed by atoms with van der Waals surface area (Å²) in [4.78, 5) is 22.8. The van der Waals surface area contributed by atoms with Gasteiger partial charge < -0.3 is 19.7 Å². The monoisotopic (exact) mass is 360 g/mol. The van der Waals surface area contributed by atoms with Crippen LogP contribution in [0.1, 0.15) is 49.7 Å². The Morgan fingerprint density at radius 2 is 2.00 bits per heavy atom. The number of aromatic nitrogens is 1. The summed E-state index contributed by atoms with van der Waals surface area (Å²) in [5.74, 6) is -0.103. The molecule has 2 rings (SSSR count). The zero-order valence-electron chi connectivity index (χ0n) is 15.0. The second kappa shape index (κ2) is 9.60. The Labute approximate surface area is 152 Å². The van der Waals surface area contributed by atoms with E-state index in [9.17, 15) is 9.59 Å². The summed E-state index contributed by atoms with van der Waals surface area (Å²) in [5.41, 5.74) is 1.47. The predicted octanol–water partition coefficient (Wildman–Crippen LogP) is 3.71. The number of amides is 1. The molecule has 1 amide bonds. The molecule has 1 aromatic carbocycles. The molecule has 0 saturated heterocycles. The number of aryl methyl sites for hydroxylation is 1. The Hall–Kier alpha value is -2.83. The van der Waals surface area contributed by atoms with E-state index in [1.165, 1.54) is 0 Å². The van der Waals surface area contributed by atoms with E-state index < -0.39 is 12.1 Å². The minimum atomic E-state index is -0.899. The van der Waals surface area contributed by atoms with E-state index in [2.05, 4.69) is 10.5 Å². The van der Waals surface area contributed by atoms with Crippen molar-refractivity contribution in [3.63, 3.8) is 0 Å². The molecule has 0 spiro atoms. The number of aliphatic carboxylic acids is 1. The van der Waals surface area contributed by atoms with Gasteiger partial charge in [-0.2, -0.15) is 0 Å². The van der Waals surface area contributed by atoms with Gasteiger partial charge in [-0.15, -0.1) is 0 Å². The van der Waals surface area contributed by atoms with Crippen LogP contribution in [0.25, 0.3) is 0 Å². The highest BCUT2D eigenvalue weighted by molar-refractivity contribution is 5.68. The Kier molecular flexibility index (Phi) is 7.20. The quantitative estimate of drug-likeness (QED) is 0.707. The number of alkyl carbamates (subject to hydrolysis) is 1. The summed E-state index contributed by atoms with van der Waals surface area (Å²) < 4.78 is 10.4. The van der Waals surface area contributed by atoms with Gasteiger partial charge in [-0.1, -0.05) is 49.3 Å². The van der Waals surface area contributed by atoms with Crippen molar-refractivity contribution in [1.29, 1.82) is 0 Å². The summed E-state index contributed by atoms with van der Waals surface area (Å²) in [6.45, 7) is 4.26. The standard InChI is InChI=1S/C19H24N2O5/c1-13(2)10-16(17-11-15(26-21-17)8-9-18(22)23)20-19(24)25-12-14-6-4-3-5-7-14/h3-7,11,13,16H,8-10,12H2,1-2H3,(H,20,24)(H,22,23). The van der Waals surface area contributed by atoms with Gasteiger partial charge in [0.25, 0.3) is 0 Å². The summed E-state index contributed by atoms with van der Waals surface area (Å²) >= 11 is 0. The maximum Gasteiger partial charge on any atom is 0.408 e. The lowest BCUT2D eigenvalue weighted by atomic mass is 10.0. The van der Waals surface area contributed by atoms with Crippen molar-refractivity contribution in [2.24, 2.45) is 5.92 Å². The maximum atomic E-state index is 12.1. The van der Waals surface area contributed by atoms with Gasteiger partial charge in [0.05, 0.1) is 12.5 Å². The number of carboxylic acids is 1. The molecule has 1 aromatic heterocycles. The normalized spacial score (nSPS) is 12.0. The van der Waals surface area contributed by atoms with Crippen molar-refractivity contribution in [3.05, 3.63) is 53.4 Å². The van der Waals surface area contributed by atoms with Crippen LogP contribution in [0.5, 0.6) is 0 Å². The molecule has 0 aliphatic carbocycles. The summed E-state index contributed by atoms with van der Waals surface area (Å²) in [7, 11) is 0. The molecule has 0 fully saturated rings. The zero-order chi connectivity index (χ0) is 18.9.